The quantitative estimate of drug-likeness (QED) is 0.512. The predicted molar refractivity (Wildman–Crippen MR) is 122 cm³/mol. The van der Waals surface area contributed by atoms with Gasteiger partial charge in [-0.15, -0.1) is 0 Å². The number of nitrogens with zero attached hydrogens (tertiary/aromatic N) is 9. The SMILES string of the molecule is N#Cc1cnc(N2CCN(C(=O)CN3CC(Cn4cnc5ccc(C(N)=O)nc54)C3)CC2)nc1. The van der Waals surface area contributed by atoms with Gasteiger partial charge in [-0.1, -0.05) is 0 Å². The number of hydrogen-bond acceptors (Lipinski definition) is 9. The van der Waals surface area contributed by atoms with E-state index >= 15 is 0 Å². The normalized spacial score (nSPS) is 16.9. The zero-order valence-corrected chi connectivity index (χ0v) is 18.5. The minimum absolute atomic E-state index is 0.125. The maximum Gasteiger partial charge on any atom is 0.267 e. The second-order valence-corrected chi connectivity index (χ2v) is 8.61. The number of imidazole rings is 1. The fraction of sp³-hybridized carbons (Fsp3) is 0.409. The molecule has 5 rings (SSSR count). The molecule has 0 bridgehead atoms. The van der Waals surface area contributed by atoms with Gasteiger partial charge in [0, 0.05) is 51.7 Å². The van der Waals surface area contributed by atoms with Crippen molar-refractivity contribution in [2.45, 2.75) is 6.54 Å². The number of nitriles is 1. The van der Waals surface area contributed by atoms with Crippen molar-refractivity contribution in [2.75, 3.05) is 50.7 Å². The van der Waals surface area contributed by atoms with E-state index in [9.17, 15) is 9.59 Å². The van der Waals surface area contributed by atoms with Crippen LogP contribution < -0.4 is 10.6 Å². The molecule has 0 radical (unpaired) electrons. The number of fused-ring (bicyclic) bond motifs is 1. The molecule has 2 aliphatic heterocycles. The van der Waals surface area contributed by atoms with Crippen LogP contribution in [0.5, 0.6) is 0 Å². The molecule has 2 aliphatic rings. The van der Waals surface area contributed by atoms with Crippen molar-refractivity contribution < 1.29 is 9.59 Å². The van der Waals surface area contributed by atoms with Crippen LogP contribution in [0.3, 0.4) is 0 Å². The lowest BCUT2D eigenvalue weighted by Crippen LogP contribution is -2.55. The first-order chi connectivity index (χ1) is 16.5. The Hall–Kier alpha value is -4.11. The van der Waals surface area contributed by atoms with Gasteiger partial charge in [-0.2, -0.15) is 5.26 Å². The smallest absolute Gasteiger partial charge is 0.267 e. The van der Waals surface area contributed by atoms with E-state index in [1.165, 1.54) is 12.4 Å². The van der Waals surface area contributed by atoms with Crippen LogP contribution in [0.25, 0.3) is 11.2 Å². The predicted octanol–water partition coefficient (Wildman–Crippen LogP) is -0.528. The van der Waals surface area contributed by atoms with Gasteiger partial charge in [-0.3, -0.25) is 14.5 Å². The molecule has 0 atom stereocenters. The number of nitrogens with two attached hydrogens (primary N) is 1. The molecule has 0 aliphatic carbocycles. The summed E-state index contributed by atoms with van der Waals surface area (Å²) in [5, 5.41) is 8.87. The number of aromatic nitrogens is 5. The van der Waals surface area contributed by atoms with Crippen LogP contribution in [0.2, 0.25) is 0 Å². The van der Waals surface area contributed by atoms with Gasteiger partial charge in [0.2, 0.25) is 11.9 Å². The Morgan fingerprint density at radius 1 is 1.09 bits per heavy atom. The highest BCUT2D eigenvalue weighted by molar-refractivity contribution is 5.92. The minimum Gasteiger partial charge on any atom is -0.364 e. The summed E-state index contributed by atoms with van der Waals surface area (Å²) in [6, 6.07) is 5.34. The highest BCUT2D eigenvalue weighted by atomic mass is 16.2. The van der Waals surface area contributed by atoms with Crippen molar-refractivity contribution in [3.63, 3.8) is 0 Å². The van der Waals surface area contributed by atoms with Crippen molar-refractivity contribution >= 4 is 28.9 Å². The van der Waals surface area contributed by atoms with E-state index < -0.39 is 5.91 Å². The topological polar surface area (TPSA) is 150 Å². The van der Waals surface area contributed by atoms with E-state index in [2.05, 4.69) is 24.8 Å². The number of piperazine rings is 1. The summed E-state index contributed by atoms with van der Waals surface area (Å²) < 4.78 is 1.94. The third-order valence-corrected chi connectivity index (χ3v) is 6.24. The Bertz CT molecular complexity index is 1250. The van der Waals surface area contributed by atoms with E-state index in [0.29, 0.717) is 55.8 Å². The maximum absolute atomic E-state index is 12.8. The summed E-state index contributed by atoms with van der Waals surface area (Å²) >= 11 is 0. The first kappa shape index (κ1) is 21.7. The van der Waals surface area contributed by atoms with Crippen molar-refractivity contribution in [3.05, 3.63) is 42.1 Å². The lowest BCUT2D eigenvalue weighted by Gasteiger charge is -2.41. The number of primary amides is 1. The van der Waals surface area contributed by atoms with Crippen molar-refractivity contribution in [1.29, 1.82) is 5.26 Å². The third-order valence-electron chi connectivity index (χ3n) is 6.24. The van der Waals surface area contributed by atoms with Gasteiger partial charge < -0.3 is 20.1 Å². The van der Waals surface area contributed by atoms with E-state index in [1.54, 1.807) is 18.5 Å². The van der Waals surface area contributed by atoms with Crippen molar-refractivity contribution in [1.82, 2.24) is 34.3 Å². The standard InChI is InChI=1S/C22H24N10O2/c23-7-15-8-25-22(26-9-15)31-5-3-30(4-6-31)19(33)13-29-10-16(11-29)12-32-14-27-18-2-1-17(20(24)34)28-21(18)32/h1-2,8-9,14,16H,3-6,10-13H2,(H2,24,34). The number of likely N-dealkylation sites (tertiary alicyclic amines) is 1. The van der Waals surface area contributed by atoms with Crippen LogP contribution in [-0.4, -0.2) is 91.9 Å². The Balaban J connectivity index is 1.09. The fourth-order valence-corrected chi connectivity index (χ4v) is 4.40. The molecule has 2 saturated heterocycles. The molecule has 0 spiro atoms. The monoisotopic (exact) mass is 460 g/mol. The van der Waals surface area contributed by atoms with Gasteiger partial charge in [0.25, 0.3) is 5.91 Å². The number of rotatable bonds is 6. The molecule has 3 aromatic rings. The van der Waals surface area contributed by atoms with Crippen molar-refractivity contribution in [3.8, 4) is 6.07 Å². The maximum atomic E-state index is 12.8. The summed E-state index contributed by atoms with van der Waals surface area (Å²) in [7, 11) is 0. The van der Waals surface area contributed by atoms with Crippen molar-refractivity contribution in [2.24, 2.45) is 11.7 Å². The Morgan fingerprint density at radius 3 is 2.50 bits per heavy atom. The Kier molecular flexibility index (Phi) is 5.77. The highest BCUT2D eigenvalue weighted by Crippen LogP contribution is 2.21. The summed E-state index contributed by atoms with van der Waals surface area (Å²) in [6.07, 6.45) is 4.76. The summed E-state index contributed by atoms with van der Waals surface area (Å²) in [5.74, 6) is 0.531. The van der Waals surface area contributed by atoms with Gasteiger partial charge >= 0.3 is 0 Å². The van der Waals surface area contributed by atoms with Gasteiger partial charge in [-0.25, -0.2) is 19.9 Å². The number of anilines is 1. The molecule has 2 fully saturated rings. The molecule has 34 heavy (non-hydrogen) atoms. The molecule has 2 amide bonds. The molecule has 2 N–H and O–H groups in total. The largest absolute Gasteiger partial charge is 0.364 e. The highest BCUT2D eigenvalue weighted by Gasteiger charge is 2.31. The second-order valence-electron chi connectivity index (χ2n) is 8.61. The zero-order chi connectivity index (χ0) is 23.7. The first-order valence-corrected chi connectivity index (χ1v) is 11.1. The van der Waals surface area contributed by atoms with E-state index in [-0.39, 0.29) is 11.6 Å². The zero-order valence-electron chi connectivity index (χ0n) is 18.5. The Labute approximate surface area is 195 Å². The molecule has 0 aromatic carbocycles. The summed E-state index contributed by atoms with van der Waals surface area (Å²) in [4.78, 5) is 47.4. The number of carbonyl (C=O) groups excluding carboxylic acids is 2. The number of amides is 2. The molecule has 5 heterocycles. The van der Waals surface area contributed by atoms with Crippen LogP contribution in [0.1, 0.15) is 16.1 Å². The minimum atomic E-state index is -0.562. The van der Waals surface area contributed by atoms with Gasteiger partial charge in [0.15, 0.2) is 5.65 Å². The molecule has 12 nitrogen and oxygen atoms in total. The fourth-order valence-electron chi connectivity index (χ4n) is 4.40. The molecule has 12 heteroatoms. The second kappa shape index (κ2) is 9.03. The number of carbonyl (C=O) groups is 2. The Morgan fingerprint density at radius 2 is 1.82 bits per heavy atom. The number of pyridine rings is 1. The lowest BCUT2D eigenvalue weighted by molar-refractivity contribution is -0.134. The lowest BCUT2D eigenvalue weighted by atomic mass is 10.00. The number of hydrogen-bond donors (Lipinski definition) is 1. The van der Waals surface area contributed by atoms with Crippen LogP contribution in [0, 0.1) is 17.2 Å². The molecule has 0 saturated carbocycles. The van der Waals surface area contributed by atoms with Crippen LogP contribution >= 0.6 is 0 Å². The molecule has 0 unspecified atom stereocenters. The molecular formula is C22H24N10O2. The summed E-state index contributed by atoms with van der Waals surface area (Å²) in [6.45, 7) is 5.32. The van der Waals surface area contributed by atoms with Crippen LogP contribution in [-0.2, 0) is 11.3 Å². The van der Waals surface area contributed by atoms with E-state index in [4.69, 9.17) is 11.0 Å². The van der Waals surface area contributed by atoms with Gasteiger partial charge in [-0.05, 0) is 12.1 Å². The van der Waals surface area contributed by atoms with E-state index in [1.807, 2.05) is 20.4 Å². The molecule has 174 valence electrons. The first-order valence-electron chi connectivity index (χ1n) is 11.1. The summed E-state index contributed by atoms with van der Waals surface area (Å²) in [5.41, 5.74) is 7.37. The average molecular weight is 461 g/mol. The molecule has 3 aromatic heterocycles. The van der Waals surface area contributed by atoms with E-state index in [0.717, 1.165) is 25.2 Å². The average Bonchev–Trinajstić information content (AvgIpc) is 3.24. The van der Waals surface area contributed by atoms with Crippen LogP contribution in [0.15, 0.2) is 30.9 Å². The van der Waals surface area contributed by atoms with Gasteiger partial charge in [0.1, 0.15) is 17.3 Å². The van der Waals surface area contributed by atoms with Crippen LogP contribution in [0.4, 0.5) is 5.95 Å². The third kappa shape index (κ3) is 4.38. The van der Waals surface area contributed by atoms with Gasteiger partial charge in [0.05, 0.1) is 30.8 Å². The molecular weight excluding hydrogens is 436 g/mol.